The van der Waals surface area contributed by atoms with Crippen molar-refractivity contribution in [2.24, 2.45) is 5.41 Å². The predicted molar refractivity (Wildman–Crippen MR) is 138 cm³/mol. The zero-order chi connectivity index (χ0) is 27.8. The van der Waals surface area contributed by atoms with Crippen LogP contribution in [0.3, 0.4) is 0 Å². The van der Waals surface area contributed by atoms with E-state index in [1.165, 1.54) is 18.3 Å². The summed E-state index contributed by atoms with van der Waals surface area (Å²) in [6.07, 6.45) is 2.21. The number of aliphatic hydroxyl groups excluding tert-OH is 2. The molecule has 0 aliphatic carbocycles. The molecule has 202 valence electrons. The summed E-state index contributed by atoms with van der Waals surface area (Å²) in [5.74, 6) is -2.09. The van der Waals surface area contributed by atoms with E-state index in [1.54, 1.807) is 19.1 Å². The molecule has 0 aliphatic heterocycles. The number of rotatable bonds is 8. The van der Waals surface area contributed by atoms with Gasteiger partial charge in [-0.15, -0.1) is 0 Å². The second-order valence-electron chi connectivity index (χ2n) is 10.2. The number of halogens is 2. The van der Waals surface area contributed by atoms with Crippen molar-refractivity contribution in [1.82, 2.24) is 19.9 Å². The Hall–Kier alpha value is -3.48. The maximum Gasteiger partial charge on any atom is 0.210 e. The number of aromatic amines is 1. The average Bonchev–Trinajstić information content (AvgIpc) is 3.28. The lowest BCUT2D eigenvalue weighted by Crippen LogP contribution is -2.38. The van der Waals surface area contributed by atoms with Gasteiger partial charge in [-0.3, -0.25) is 0 Å². The molecule has 12 heteroatoms. The fraction of sp³-hybridized carbons (Fsp3) is 0.346. The van der Waals surface area contributed by atoms with Gasteiger partial charge in [0.15, 0.2) is 23.3 Å². The normalized spacial score (nSPS) is 14.0. The monoisotopic (exact) mass is 545 g/mol. The summed E-state index contributed by atoms with van der Waals surface area (Å²) in [7, 11) is -4.32. The molecule has 1 unspecified atom stereocenters. The number of pyridine rings is 1. The lowest BCUT2D eigenvalue weighted by molar-refractivity contribution is 0.0735. The quantitative estimate of drug-likeness (QED) is 0.260. The van der Waals surface area contributed by atoms with E-state index in [4.69, 9.17) is 0 Å². The van der Waals surface area contributed by atoms with Gasteiger partial charge in [0.05, 0.1) is 35.4 Å². The van der Waals surface area contributed by atoms with E-state index < -0.39 is 50.5 Å². The highest BCUT2D eigenvalue weighted by Gasteiger charge is 2.30. The highest BCUT2D eigenvalue weighted by atomic mass is 32.2. The summed E-state index contributed by atoms with van der Waals surface area (Å²) in [6.45, 7) is 6.98. The Balaban J connectivity index is 1.85. The summed E-state index contributed by atoms with van der Waals surface area (Å²) in [6, 6.07) is 5.52. The smallest absolute Gasteiger partial charge is 0.210 e. The summed E-state index contributed by atoms with van der Waals surface area (Å²) in [5, 5.41) is 22.2. The van der Waals surface area contributed by atoms with E-state index in [-0.39, 0.29) is 39.6 Å². The number of nitrogens with zero attached hydrogens (tertiary/aromatic N) is 3. The van der Waals surface area contributed by atoms with Gasteiger partial charge in [-0.2, -0.15) is 0 Å². The number of anilines is 1. The number of aliphatic hydroxyl groups is 2. The maximum atomic E-state index is 15.1. The van der Waals surface area contributed by atoms with Gasteiger partial charge in [-0.05, 0) is 30.9 Å². The maximum absolute atomic E-state index is 15.1. The molecule has 38 heavy (non-hydrogen) atoms. The van der Waals surface area contributed by atoms with Crippen molar-refractivity contribution in [3.8, 4) is 11.4 Å². The van der Waals surface area contributed by atoms with Gasteiger partial charge in [0, 0.05) is 17.8 Å². The van der Waals surface area contributed by atoms with E-state index in [2.05, 4.69) is 25.3 Å². The zero-order valence-corrected chi connectivity index (χ0v) is 22.1. The molecule has 0 aliphatic rings. The summed E-state index contributed by atoms with van der Waals surface area (Å²) in [4.78, 5) is 14.4. The molecule has 0 bridgehead atoms. The second kappa shape index (κ2) is 10.4. The predicted octanol–water partition coefficient (Wildman–Crippen LogP) is 4.01. The van der Waals surface area contributed by atoms with Crippen molar-refractivity contribution in [3.63, 3.8) is 0 Å². The van der Waals surface area contributed by atoms with Crippen LogP contribution in [0.15, 0.2) is 52.6 Å². The van der Waals surface area contributed by atoms with Gasteiger partial charge in [-0.1, -0.05) is 38.5 Å². The van der Waals surface area contributed by atoms with E-state index in [1.807, 2.05) is 20.8 Å². The number of fused-ring (bicyclic) bond motifs is 1. The first kappa shape index (κ1) is 27.6. The molecule has 0 spiro atoms. The van der Waals surface area contributed by atoms with Gasteiger partial charge in [0.1, 0.15) is 10.5 Å². The Morgan fingerprint density at radius 1 is 1.08 bits per heavy atom. The highest BCUT2D eigenvalue weighted by molar-refractivity contribution is 7.91. The van der Waals surface area contributed by atoms with Crippen molar-refractivity contribution in [3.05, 3.63) is 60.1 Å². The molecule has 1 aromatic carbocycles. The third-order valence-electron chi connectivity index (χ3n) is 6.27. The highest BCUT2D eigenvalue weighted by Crippen LogP contribution is 2.36. The fourth-order valence-corrected chi connectivity index (χ4v) is 5.57. The van der Waals surface area contributed by atoms with E-state index in [0.29, 0.717) is 0 Å². The summed E-state index contributed by atoms with van der Waals surface area (Å²) >= 11 is 0. The molecular formula is C26H29F2N5O4S. The molecule has 0 radical (unpaired) electrons. The van der Waals surface area contributed by atoms with Crippen molar-refractivity contribution in [1.29, 1.82) is 0 Å². The van der Waals surface area contributed by atoms with Gasteiger partial charge >= 0.3 is 0 Å². The first-order chi connectivity index (χ1) is 17.8. The molecule has 3 aromatic heterocycles. The molecule has 0 fully saturated rings. The van der Waals surface area contributed by atoms with Crippen molar-refractivity contribution >= 4 is 26.7 Å². The van der Waals surface area contributed by atoms with Crippen LogP contribution >= 0.6 is 0 Å². The standard InChI is InChI=1S/C26H29F2N5O4S/c1-14-5-7-16(8-6-14)38(36,37)22-18(27)11-31-25-21(22)17(10-29-25)23-30-12-19(28)24(33-23)32-20(26(2,3)4)9-15(35)13-34/h5-8,10-12,15,20,34-35H,9,13H2,1-4H3,(H,29,31)(H,30,32,33)/t15?,20-/m1/s1. The summed E-state index contributed by atoms with van der Waals surface area (Å²) < 4.78 is 57.0. The Kier molecular flexibility index (Phi) is 7.51. The van der Waals surface area contributed by atoms with Crippen LogP contribution in [0, 0.1) is 24.0 Å². The lowest BCUT2D eigenvalue weighted by atomic mass is 9.83. The number of hydrogen-bond donors (Lipinski definition) is 4. The minimum Gasteiger partial charge on any atom is -0.394 e. The van der Waals surface area contributed by atoms with E-state index in [9.17, 15) is 23.0 Å². The minimum atomic E-state index is -4.32. The number of H-pyrrole nitrogens is 1. The largest absolute Gasteiger partial charge is 0.394 e. The van der Waals surface area contributed by atoms with Gasteiger partial charge in [0.25, 0.3) is 0 Å². The van der Waals surface area contributed by atoms with Crippen LogP contribution in [-0.4, -0.2) is 57.3 Å². The number of sulfone groups is 1. The number of aryl methyl sites for hydroxylation is 1. The van der Waals surface area contributed by atoms with Crippen LogP contribution in [0.5, 0.6) is 0 Å². The molecule has 4 rings (SSSR count). The topological polar surface area (TPSA) is 141 Å². The number of nitrogens with one attached hydrogen (secondary N) is 2. The first-order valence-corrected chi connectivity index (χ1v) is 13.4. The van der Waals surface area contributed by atoms with Crippen molar-refractivity contribution in [2.75, 3.05) is 11.9 Å². The molecule has 0 saturated heterocycles. The molecular weight excluding hydrogens is 516 g/mol. The molecule has 4 N–H and O–H groups in total. The van der Waals surface area contributed by atoms with Crippen LogP contribution in [0.1, 0.15) is 32.8 Å². The van der Waals surface area contributed by atoms with Crippen LogP contribution in [0.2, 0.25) is 0 Å². The minimum absolute atomic E-state index is 0.0637. The van der Waals surface area contributed by atoms with Crippen molar-refractivity contribution < 1.29 is 27.4 Å². The number of hydrogen-bond acceptors (Lipinski definition) is 8. The van der Waals surface area contributed by atoms with Crippen LogP contribution in [-0.2, 0) is 9.84 Å². The lowest BCUT2D eigenvalue weighted by Gasteiger charge is -2.33. The Morgan fingerprint density at radius 2 is 1.74 bits per heavy atom. The fourth-order valence-electron chi connectivity index (χ4n) is 4.06. The van der Waals surface area contributed by atoms with Crippen LogP contribution in [0.4, 0.5) is 14.6 Å². The van der Waals surface area contributed by atoms with E-state index >= 15 is 4.39 Å². The average molecular weight is 546 g/mol. The van der Waals surface area contributed by atoms with Gasteiger partial charge in [-0.25, -0.2) is 32.2 Å². The third-order valence-corrected chi connectivity index (χ3v) is 8.10. The molecule has 4 aromatic rings. The van der Waals surface area contributed by atoms with Crippen LogP contribution in [0.25, 0.3) is 22.4 Å². The SMILES string of the molecule is Cc1ccc(S(=O)(=O)c2c(F)cnc3[nH]cc(-c4ncc(F)c(N[C@H](CC(O)CO)C(C)(C)C)n4)c23)cc1. The van der Waals surface area contributed by atoms with Crippen LogP contribution < -0.4 is 5.32 Å². The van der Waals surface area contributed by atoms with Crippen molar-refractivity contribution in [2.45, 2.75) is 56.1 Å². The molecule has 3 heterocycles. The van der Waals surface area contributed by atoms with Gasteiger partial charge in [0.2, 0.25) is 9.84 Å². The Labute approximate surface area is 218 Å². The molecule has 2 atom stereocenters. The molecule has 0 amide bonds. The molecule has 0 saturated carbocycles. The molecule has 9 nitrogen and oxygen atoms in total. The summed E-state index contributed by atoms with van der Waals surface area (Å²) in [5.41, 5.74) is 0.583. The first-order valence-electron chi connectivity index (χ1n) is 11.9. The Morgan fingerprint density at radius 3 is 2.37 bits per heavy atom. The third kappa shape index (κ3) is 5.38. The number of benzene rings is 1. The second-order valence-corrected chi connectivity index (χ2v) is 12.1. The van der Waals surface area contributed by atoms with E-state index in [0.717, 1.165) is 18.0 Å². The van der Waals surface area contributed by atoms with Gasteiger partial charge < -0.3 is 20.5 Å². The Bertz CT molecular complexity index is 1570. The zero-order valence-electron chi connectivity index (χ0n) is 21.3. The number of aromatic nitrogens is 4.